The predicted octanol–water partition coefficient (Wildman–Crippen LogP) is 3.90. The van der Waals surface area contributed by atoms with Crippen LogP contribution in [0.25, 0.3) is 17.1 Å². The molecule has 1 amide bonds. The number of thioether (sulfide) groups is 1. The highest BCUT2D eigenvalue weighted by molar-refractivity contribution is 7.99. The summed E-state index contributed by atoms with van der Waals surface area (Å²) in [5.41, 5.74) is 3.17. The third kappa shape index (κ3) is 4.78. The third-order valence-electron chi connectivity index (χ3n) is 4.53. The van der Waals surface area contributed by atoms with Gasteiger partial charge in [0.15, 0.2) is 11.0 Å². The molecule has 0 aliphatic heterocycles. The van der Waals surface area contributed by atoms with E-state index in [1.807, 2.05) is 23.6 Å². The molecule has 0 aliphatic carbocycles. The topological polar surface area (TPSA) is 72.7 Å². The maximum atomic E-state index is 12.2. The molecule has 0 saturated carbocycles. The molecule has 0 spiro atoms. The van der Waals surface area contributed by atoms with Gasteiger partial charge in [-0.3, -0.25) is 14.3 Å². The first-order chi connectivity index (χ1) is 13.6. The Morgan fingerprint density at radius 3 is 2.46 bits per heavy atom. The fraction of sp³-hybridized carbons (Fsp3) is 0.333. The van der Waals surface area contributed by atoms with Crippen LogP contribution in [0.5, 0.6) is 0 Å². The van der Waals surface area contributed by atoms with E-state index < -0.39 is 0 Å². The first kappa shape index (κ1) is 20.1. The SMILES string of the molecule is CCc1ccc(-n2c(SCC(=O)N[C@H](C)CC)nnc2-c2ccncc2)cc1. The molecule has 3 rings (SSSR count). The molecule has 7 heteroatoms. The van der Waals surface area contributed by atoms with Crippen molar-refractivity contribution >= 4 is 17.7 Å². The van der Waals surface area contributed by atoms with Crippen LogP contribution in [-0.4, -0.2) is 37.5 Å². The summed E-state index contributed by atoms with van der Waals surface area (Å²) in [4.78, 5) is 16.3. The molecule has 28 heavy (non-hydrogen) atoms. The number of carbonyl (C=O) groups excluding carboxylic acids is 1. The highest BCUT2D eigenvalue weighted by Crippen LogP contribution is 2.27. The summed E-state index contributed by atoms with van der Waals surface area (Å²) in [7, 11) is 0. The minimum Gasteiger partial charge on any atom is -0.353 e. The summed E-state index contributed by atoms with van der Waals surface area (Å²) in [5, 5.41) is 12.4. The lowest BCUT2D eigenvalue weighted by Crippen LogP contribution is -2.33. The molecular weight excluding hydrogens is 370 g/mol. The van der Waals surface area contributed by atoms with Gasteiger partial charge >= 0.3 is 0 Å². The first-order valence-corrected chi connectivity index (χ1v) is 10.5. The molecule has 1 N–H and O–H groups in total. The monoisotopic (exact) mass is 395 g/mol. The zero-order valence-corrected chi connectivity index (χ0v) is 17.2. The maximum Gasteiger partial charge on any atom is 0.230 e. The fourth-order valence-corrected chi connectivity index (χ4v) is 3.48. The number of aryl methyl sites for hydroxylation is 1. The van der Waals surface area contributed by atoms with Gasteiger partial charge in [0.2, 0.25) is 5.91 Å². The largest absolute Gasteiger partial charge is 0.353 e. The molecule has 0 fully saturated rings. The van der Waals surface area contributed by atoms with Crippen LogP contribution in [0.3, 0.4) is 0 Å². The Bertz CT molecular complexity index is 908. The number of benzene rings is 1. The summed E-state index contributed by atoms with van der Waals surface area (Å²) in [6, 6.07) is 12.3. The molecular formula is C21H25N5OS. The Morgan fingerprint density at radius 1 is 1.11 bits per heavy atom. The van der Waals surface area contributed by atoms with Gasteiger partial charge in [0, 0.05) is 29.7 Å². The van der Waals surface area contributed by atoms with E-state index >= 15 is 0 Å². The zero-order chi connectivity index (χ0) is 19.9. The molecule has 2 heterocycles. The second-order valence-electron chi connectivity index (χ2n) is 6.56. The summed E-state index contributed by atoms with van der Waals surface area (Å²) in [6.07, 6.45) is 5.36. The molecule has 1 atom stereocenters. The maximum absolute atomic E-state index is 12.2. The molecule has 0 saturated heterocycles. The van der Waals surface area contributed by atoms with Crippen molar-refractivity contribution in [3.05, 3.63) is 54.4 Å². The number of hydrogen-bond acceptors (Lipinski definition) is 5. The van der Waals surface area contributed by atoms with Gasteiger partial charge in [-0.15, -0.1) is 10.2 Å². The molecule has 146 valence electrons. The molecule has 0 unspecified atom stereocenters. The van der Waals surface area contributed by atoms with Crippen molar-refractivity contribution < 1.29 is 4.79 Å². The second-order valence-corrected chi connectivity index (χ2v) is 7.51. The summed E-state index contributed by atoms with van der Waals surface area (Å²) >= 11 is 1.39. The van der Waals surface area contributed by atoms with E-state index in [4.69, 9.17) is 0 Å². The number of hydrogen-bond donors (Lipinski definition) is 1. The molecule has 6 nitrogen and oxygen atoms in total. The summed E-state index contributed by atoms with van der Waals surface area (Å²) < 4.78 is 2.00. The van der Waals surface area contributed by atoms with Gasteiger partial charge in [-0.05, 0) is 49.6 Å². The average molecular weight is 396 g/mol. The van der Waals surface area contributed by atoms with Crippen molar-refractivity contribution in [2.45, 2.75) is 44.8 Å². The van der Waals surface area contributed by atoms with E-state index in [9.17, 15) is 4.79 Å². The van der Waals surface area contributed by atoms with Crippen LogP contribution in [0.15, 0.2) is 53.9 Å². The van der Waals surface area contributed by atoms with E-state index in [0.29, 0.717) is 10.9 Å². The van der Waals surface area contributed by atoms with Crippen LogP contribution >= 0.6 is 11.8 Å². The Hall–Kier alpha value is -2.67. The third-order valence-corrected chi connectivity index (χ3v) is 5.46. The number of carbonyl (C=O) groups is 1. The van der Waals surface area contributed by atoms with Crippen LogP contribution in [0.1, 0.15) is 32.8 Å². The van der Waals surface area contributed by atoms with E-state index in [-0.39, 0.29) is 11.9 Å². The number of pyridine rings is 1. The molecule has 3 aromatic rings. The van der Waals surface area contributed by atoms with Crippen molar-refractivity contribution in [1.82, 2.24) is 25.1 Å². The van der Waals surface area contributed by atoms with Crippen LogP contribution in [0.4, 0.5) is 0 Å². The van der Waals surface area contributed by atoms with Gasteiger partial charge in [-0.2, -0.15) is 0 Å². The van der Waals surface area contributed by atoms with E-state index in [1.54, 1.807) is 12.4 Å². The lowest BCUT2D eigenvalue weighted by molar-refractivity contribution is -0.119. The van der Waals surface area contributed by atoms with Gasteiger partial charge in [0.25, 0.3) is 0 Å². The Kier molecular flexibility index (Phi) is 6.81. The number of rotatable bonds is 8. The number of nitrogens with zero attached hydrogens (tertiary/aromatic N) is 4. The predicted molar refractivity (Wildman–Crippen MR) is 113 cm³/mol. The van der Waals surface area contributed by atoms with E-state index in [1.165, 1.54) is 17.3 Å². The number of nitrogens with one attached hydrogen (secondary N) is 1. The number of amides is 1. The van der Waals surface area contributed by atoms with Crippen molar-refractivity contribution in [1.29, 1.82) is 0 Å². The van der Waals surface area contributed by atoms with Crippen molar-refractivity contribution in [3.63, 3.8) is 0 Å². The highest BCUT2D eigenvalue weighted by Gasteiger charge is 2.17. The van der Waals surface area contributed by atoms with Crippen LogP contribution in [-0.2, 0) is 11.2 Å². The molecule has 0 aliphatic rings. The van der Waals surface area contributed by atoms with Crippen molar-refractivity contribution in [2.24, 2.45) is 0 Å². The van der Waals surface area contributed by atoms with Gasteiger partial charge < -0.3 is 5.32 Å². The van der Waals surface area contributed by atoms with Crippen LogP contribution in [0, 0.1) is 0 Å². The van der Waals surface area contributed by atoms with Crippen molar-refractivity contribution in [3.8, 4) is 17.1 Å². The quantitative estimate of drug-likeness (QED) is 0.586. The van der Waals surface area contributed by atoms with Crippen LogP contribution < -0.4 is 5.32 Å². The van der Waals surface area contributed by atoms with Gasteiger partial charge in [0.05, 0.1) is 5.75 Å². The summed E-state index contributed by atoms with van der Waals surface area (Å²) in [5.74, 6) is 1.03. The molecule has 0 bridgehead atoms. The van der Waals surface area contributed by atoms with Crippen LogP contribution in [0.2, 0.25) is 0 Å². The Balaban J connectivity index is 1.91. The number of aromatic nitrogens is 4. The van der Waals surface area contributed by atoms with Gasteiger partial charge in [-0.1, -0.05) is 37.7 Å². The van der Waals surface area contributed by atoms with Gasteiger partial charge in [-0.25, -0.2) is 0 Å². The molecule has 2 aromatic heterocycles. The van der Waals surface area contributed by atoms with E-state index in [2.05, 4.69) is 58.6 Å². The van der Waals surface area contributed by atoms with Gasteiger partial charge in [0.1, 0.15) is 0 Å². The average Bonchev–Trinajstić information content (AvgIpc) is 3.16. The highest BCUT2D eigenvalue weighted by atomic mass is 32.2. The van der Waals surface area contributed by atoms with E-state index in [0.717, 1.165) is 29.9 Å². The zero-order valence-electron chi connectivity index (χ0n) is 16.4. The Morgan fingerprint density at radius 2 is 1.82 bits per heavy atom. The first-order valence-electron chi connectivity index (χ1n) is 9.49. The lowest BCUT2D eigenvalue weighted by atomic mass is 10.1. The Labute approximate surface area is 169 Å². The second kappa shape index (κ2) is 9.50. The fourth-order valence-electron chi connectivity index (χ4n) is 2.71. The standard InChI is InChI=1S/C21H25N5OS/c1-4-15(3)23-19(27)14-28-21-25-24-20(17-10-12-22-13-11-17)26(21)18-8-6-16(5-2)7-9-18/h6-13,15H,4-5,14H2,1-3H3,(H,23,27)/t15-/m1/s1. The molecule has 1 aromatic carbocycles. The van der Waals surface area contributed by atoms with Crippen molar-refractivity contribution in [2.75, 3.05) is 5.75 Å². The minimum atomic E-state index is 0.000641. The molecule has 0 radical (unpaired) electrons. The smallest absolute Gasteiger partial charge is 0.230 e. The lowest BCUT2D eigenvalue weighted by Gasteiger charge is -2.12. The minimum absolute atomic E-state index is 0.000641. The summed E-state index contributed by atoms with van der Waals surface area (Å²) in [6.45, 7) is 6.19. The normalized spacial score (nSPS) is 12.0.